The Balaban J connectivity index is 2.18. The van der Waals surface area contributed by atoms with Gasteiger partial charge in [-0.1, -0.05) is 6.92 Å². The van der Waals surface area contributed by atoms with Crippen molar-refractivity contribution in [1.82, 2.24) is 15.1 Å². The van der Waals surface area contributed by atoms with Crippen LogP contribution in [-0.4, -0.2) is 16.3 Å². The van der Waals surface area contributed by atoms with Crippen LogP contribution in [0.1, 0.15) is 18.2 Å². The van der Waals surface area contributed by atoms with Gasteiger partial charge in [-0.05, 0) is 30.8 Å². The van der Waals surface area contributed by atoms with Gasteiger partial charge in [-0.25, -0.2) is 8.78 Å². The predicted octanol–water partition coefficient (Wildman–Crippen LogP) is 2.32. The van der Waals surface area contributed by atoms with Gasteiger partial charge in [0.2, 0.25) is 0 Å². The largest absolute Gasteiger partial charge is 0.311 e. The summed E-state index contributed by atoms with van der Waals surface area (Å²) in [6.07, 6.45) is 1.66. The molecule has 0 aliphatic rings. The van der Waals surface area contributed by atoms with Crippen molar-refractivity contribution >= 4 is 0 Å². The number of benzene rings is 1. The number of hydrogen-bond donors (Lipinski definition) is 1. The Hall–Kier alpha value is -1.75. The maximum Gasteiger partial charge on any atom is 0.128 e. The summed E-state index contributed by atoms with van der Waals surface area (Å²) in [5.41, 5.74) is 1.25. The summed E-state index contributed by atoms with van der Waals surface area (Å²) in [5, 5.41) is 7.30. The van der Waals surface area contributed by atoms with Crippen molar-refractivity contribution in [3.63, 3.8) is 0 Å². The molecule has 3 nitrogen and oxygen atoms in total. The molecule has 0 atom stereocenters. The van der Waals surface area contributed by atoms with E-state index >= 15 is 0 Å². The van der Waals surface area contributed by atoms with E-state index in [4.69, 9.17) is 0 Å². The van der Waals surface area contributed by atoms with E-state index < -0.39 is 11.6 Å². The van der Waals surface area contributed by atoms with E-state index in [1.807, 2.05) is 13.0 Å². The molecular formula is C13H15F2N3. The van der Waals surface area contributed by atoms with Crippen LogP contribution in [0, 0.1) is 11.6 Å². The van der Waals surface area contributed by atoms with Crippen LogP contribution in [0.15, 0.2) is 30.5 Å². The highest BCUT2D eigenvalue weighted by Gasteiger charge is 2.08. The molecule has 1 N–H and O–H groups in total. The minimum Gasteiger partial charge on any atom is -0.311 e. The molecule has 2 rings (SSSR count). The zero-order valence-corrected chi connectivity index (χ0v) is 10.2. The number of rotatable bonds is 5. The predicted molar refractivity (Wildman–Crippen MR) is 65.1 cm³/mol. The minimum absolute atomic E-state index is 0.233. The van der Waals surface area contributed by atoms with Crippen molar-refractivity contribution in [3.05, 3.63) is 53.4 Å². The van der Waals surface area contributed by atoms with E-state index in [9.17, 15) is 8.78 Å². The van der Waals surface area contributed by atoms with Crippen molar-refractivity contribution in [2.24, 2.45) is 0 Å². The molecule has 0 spiro atoms. The quantitative estimate of drug-likeness (QED) is 0.883. The minimum atomic E-state index is -0.438. The van der Waals surface area contributed by atoms with Crippen molar-refractivity contribution in [2.45, 2.75) is 20.0 Å². The van der Waals surface area contributed by atoms with E-state index in [2.05, 4.69) is 10.4 Å². The van der Waals surface area contributed by atoms with Gasteiger partial charge >= 0.3 is 0 Å². The molecule has 0 aliphatic carbocycles. The van der Waals surface area contributed by atoms with Gasteiger partial charge in [-0.15, -0.1) is 0 Å². The maximum absolute atomic E-state index is 13.5. The fourth-order valence-corrected chi connectivity index (χ4v) is 1.73. The van der Waals surface area contributed by atoms with Gasteiger partial charge in [0.25, 0.3) is 0 Å². The van der Waals surface area contributed by atoms with Gasteiger partial charge in [-0.2, -0.15) is 5.10 Å². The van der Waals surface area contributed by atoms with E-state index in [0.717, 1.165) is 24.4 Å². The Morgan fingerprint density at radius 3 is 2.89 bits per heavy atom. The lowest BCUT2D eigenvalue weighted by atomic mass is 10.2. The van der Waals surface area contributed by atoms with Crippen LogP contribution >= 0.6 is 0 Å². The second kappa shape index (κ2) is 5.73. The lowest BCUT2D eigenvalue weighted by molar-refractivity contribution is 0.552. The Labute approximate surface area is 104 Å². The first-order valence-corrected chi connectivity index (χ1v) is 5.86. The van der Waals surface area contributed by atoms with Crippen molar-refractivity contribution in [2.75, 3.05) is 6.54 Å². The van der Waals surface area contributed by atoms with E-state index in [-0.39, 0.29) is 6.54 Å². The average molecular weight is 251 g/mol. The molecule has 18 heavy (non-hydrogen) atoms. The zero-order chi connectivity index (χ0) is 13.0. The molecular weight excluding hydrogens is 236 g/mol. The summed E-state index contributed by atoms with van der Waals surface area (Å²) in [4.78, 5) is 0. The van der Waals surface area contributed by atoms with Crippen LogP contribution in [-0.2, 0) is 13.1 Å². The standard InChI is InChI=1S/C13H15F2N3/c1-2-16-8-12-5-6-17-18(12)9-10-7-11(14)3-4-13(10)15/h3-7,16H,2,8-9H2,1H3. The first kappa shape index (κ1) is 12.7. The highest BCUT2D eigenvalue weighted by atomic mass is 19.1. The average Bonchev–Trinajstić information content (AvgIpc) is 2.79. The lowest BCUT2D eigenvalue weighted by Crippen LogP contribution is -2.16. The van der Waals surface area contributed by atoms with Gasteiger partial charge in [-0.3, -0.25) is 4.68 Å². The van der Waals surface area contributed by atoms with Crippen LogP contribution in [0.25, 0.3) is 0 Å². The molecule has 1 heterocycles. The summed E-state index contributed by atoms with van der Waals surface area (Å²) in [7, 11) is 0. The summed E-state index contributed by atoms with van der Waals surface area (Å²) < 4.78 is 28.3. The molecule has 0 unspecified atom stereocenters. The van der Waals surface area contributed by atoms with Gasteiger partial charge in [0.15, 0.2) is 0 Å². The van der Waals surface area contributed by atoms with E-state index in [1.165, 1.54) is 6.07 Å². The number of halogens is 2. The smallest absolute Gasteiger partial charge is 0.128 e. The number of aromatic nitrogens is 2. The molecule has 0 bridgehead atoms. The summed E-state index contributed by atoms with van der Waals surface area (Å²) >= 11 is 0. The fraction of sp³-hybridized carbons (Fsp3) is 0.308. The SMILES string of the molecule is CCNCc1ccnn1Cc1cc(F)ccc1F. The number of nitrogens with zero attached hydrogens (tertiary/aromatic N) is 2. The highest BCUT2D eigenvalue weighted by molar-refractivity contribution is 5.19. The molecule has 1 aromatic heterocycles. The monoisotopic (exact) mass is 251 g/mol. The molecule has 96 valence electrons. The summed E-state index contributed by atoms with van der Waals surface area (Å²) in [5.74, 6) is -0.854. The topological polar surface area (TPSA) is 29.9 Å². The fourth-order valence-electron chi connectivity index (χ4n) is 1.73. The van der Waals surface area contributed by atoms with Crippen LogP contribution in [0.4, 0.5) is 8.78 Å². The zero-order valence-electron chi connectivity index (χ0n) is 10.2. The van der Waals surface area contributed by atoms with E-state index in [1.54, 1.807) is 10.9 Å². The summed E-state index contributed by atoms with van der Waals surface area (Å²) in [6.45, 7) is 3.75. The first-order chi connectivity index (χ1) is 8.70. The molecule has 0 saturated heterocycles. The third-order valence-electron chi connectivity index (χ3n) is 2.69. The molecule has 0 radical (unpaired) electrons. The molecule has 1 aromatic carbocycles. The van der Waals surface area contributed by atoms with Gasteiger partial charge in [0.1, 0.15) is 11.6 Å². The first-order valence-electron chi connectivity index (χ1n) is 5.86. The number of hydrogen-bond acceptors (Lipinski definition) is 2. The summed E-state index contributed by atoms with van der Waals surface area (Å²) in [6, 6.07) is 5.31. The Kier molecular flexibility index (Phi) is 4.04. The third kappa shape index (κ3) is 2.92. The van der Waals surface area contributed by atoms with E-state index in [0.29, 0.717) is 12.1 Å². The molecule has 0 aliphatic heterocycles. The molecule has 0 amide bonds. The van der Waals surface area contributed by atoms with Gasteiger partial charge < -0.3 is 5.32 Å². The Morgan fingerprint density at radius 2 is 2.11 bits per heavy atom. The Bertz CT molecular complexity index is 523. The second-order valence-corrected chi connectivity index (χ2v) is 4.00. The highest BCUT2D eigenvalue weighted by Crippen LogP contribution is 2.12. The maximum atomic E-state index is 13.5. The van der Waals surface area contributed by atoms with Crippen LogP contribution in [0.2, 0.25) is 0 Å². The lowest BCUT2D eigenvalue weighted by Gasteiger charge is -2.09. The van der Waals surface area contributed by atoms with Gasteiger partial charge in [0, 0.05) is 18.3 Å². The van der Waals surface area contributed by atoms with Crippen LogP contribution < -0.4 is 5.32 Å². The molecule has 2 aromatic rings. The molecule has 0 saturated carbocycles. The van der Waals surface area contributed by atoms with Gasteiger partial charge in [0.05, 0.1) is 12.2 Å². The molecule has 5 heteroatoms. The normalized spacial score (nSPS) is 10.8. The van der Waals surface area contributed by atoms with Crippen molar-refractivity contribution in [1.29, 1.82) is 0 Å². The van der Waals surface area contributed by atoms with Crippen LogP contribution in [0.5, 0.6) is 0 Å². The van der Waals surface area contributed by atoms with Crippen molar-refractivity contribution in [3.8, 4) is 0 Å². The Morgan fingerprint density at radius 1 is 1.28 bits per heavy atom. The number of nitrogens with one attached hydrogen (secondary N) is 1. The second-order valence-electron chi connectivity index (χ2n) is 4.00. The van der Waals surface area contributed by atoms with Crippen LogP contribution in [0.3, 0.4) is 0 Å². The van der Waals surface area contributed by atoms with Crippen molar-refractivity contribution < 1.29 is 8.78 Å². The third-order valence-corrected chi connectivity index (χ3v) is 2.69. The molecule has 0 fully saturated rings.